The Hall–Kier alpha value is -3.20. The van der Waals surface area contributed by atoms with E-state index in [2.05, 4.69) is 113 Å². The van der Waals surface area contributed by atoms with Gasteiger partial charge in [-0.3, -0.25) is 0 Å². The van der Waals surface area contributed by atoms with Crippen LogP contribution in [0.2, 0.25) is 0 Å². The molecule has 4 rings (SSSR count). The van der Waals surface area contributed by atoms with Gasteiger partial charge in [0, 0.05) is 30.4 Å². The molecule has 0 amide bonds. The van der Waals surface area contributed by atoms with Crippen LogP contribution in [-0.2, 0) is 11.2 Å². The Bertz CT molecular complexity index is 1220. The molecule has 0 saturated carbocycles. The molecule has 0 aromatic heterocycles. The van der Waals surface area contributed by atoms with E-state index in [1.54, 1.807) is 5.57 Å². The molecule has 0 saturated heterocycles. The number of anilines is 1. The van der Waals surface area contributed by atoms with Gasteiger partial charge in [0.25, 0.3) is 0 Å². The average Bonchev–Trinajstić information content (AvgIpc) is 3.23. The highest BCUT2D eigenvalue weighted by molar-refractivity contribution is 5.60. The number of benzene rings is 1. The number of allylic oxidation sites excluding steroid dienone is 8. The zero-order valence-corrected chi connectivity index (χ0v) is 25.6. The third kappa shape index (κ3) is 7.30. The predicted octanol–water partition coefficient (Wildman–Crippen LogP) is 9.52. The molecule has 0 spiro atoms. The minimum atomic E-state index is 0.332. The molecule has 0 radical (unpaired) electrons. The van der Waals surface area contributed by atoms with E-state index < -0.39 is 0 Å². The summed E-state index contributed by atoms with van der Waals surface area (Å²) in [5.41, 5.74) is 11.0. The van der Waals surface area contributed by atoms with E-state index >= 15 is 0 Å². The van der Waals surface area contributed by atoms with Gasteiger partial charge in [-0.2, -0.15) is 0 Å². The van der Waals surface area contributed by atoms with Crippen LogP contribution < -0.4 is 5.32 Å². The number of rotatable bonds is 14. The number of fused-ring (bicyclic) bond motifs is 1. The Balaban J connectivity index is 1.34. The molecule has 214 valence electrons. The lowest BCUT2D eigenvalue weighted by Gasteiger charge is -2.31. The van der Waals surface area contributed by atoms with Gasteiger partial charge in [-0.25, -0.2) is 0 Å². The summed E-state index contributed by atoms with van der Waals surface area (Å²) in [5.74, 6) is 1.97. The van der Waals surface area contributed by atoms with Crippen LogP contribution >= 0.6 is 0 Å². The maximum atomic E-state index is 6.25. The molecular weight excluding hydrogens is 488 g/mol. The zero-order valence-electron chi connectivity index (χ0n) is 25.6. The first-order valence-corrected chi connectivity index (χ1v) is 15.4. The summed E-state index contributed by atoms with van der Waals surface area (Å²) >= 11 is 0. The Morgan fingerprint density at radius 1 is 1.18 bits per heavy atom. The van der Waals surface area contributed by atoms with Crippen LogP contribution in [0.4, 0.5) is 5.69 Å². The van der Waals surface area contributed by atoms with Crippen LogP contribution in [-0.4, -0.2) is 24.6 Å². The van der Waals surface area contributed by atoms with E-state index in [4.69, 9.17) is 4.74 Å². The van der Waals surface area contributed by atoms with E-state index in [0.29, 0.717) is 30.2 Å². The normalized spacial score (nSPS) is 20.8. The quantitative estimate of drug-likeness (QED) is 0.188. The van der Waals surface area contributed by atoms with Gasteiger partial charge < -0.3 is 15.0 Å². The first-order valence-electron chi connectivity index (χ1n) is 15.4. The molecule has 1 aromatic carbocycles. The van der Waals surface area contributed by atoms with Crippen molar-refractivity contribution in [2.75, 3.05) is 25.0 Å². The second kappa shape index (κ2) is 13.9. The molecule has 0 fully saturated rings. The van der Waals surface area contributed by atoms with E-state index in [1.165, 1.54) is 33.6 Å². The molecule has 0 aliphatic heterocycles. The Labute approximate surface area is 243 Å². The molecule has 1 N–H and O–H groups in total. The highest BCUT2D eigenvalue weighted by atomic mass is 16.5. The van der Waals surface area contributed by atoms with Gasteiger partial charge >= 0.3 is 0 Å². The zero-order chi connectivity index (χ0) is 28.6. The van der Waals surface area contributed by atoms with Crippen molar-refractivity contribution in [1.29, 1.82) is 0 Å². The van der Waals surface area contributed by atoms with Gasteiger partial charge in [-0.15, -0.1) is 0 Å². The van der Waals surface area contributed by atoms with Crippen molar-refractivity contribution in [2.24, 2.45) is 17.8 Å². The van der Waals surface area contributed by atoms with Crippen LogP contribution in [0.3, 0.4) is 0 Å². The molecule has 3 aliphatic rings. The minimum Gasteiger partial charge on any atom is -0.478 e. The summed E-state index contributed by atoms with van der Waals surface area (Å²) in [6.45, 7) is 22.2. The van der Waals surface area contributed by atoms with Crippen LogP contribution in [0.1, 0.15) is 72.3 Å². The van der Waals surface area contributed by atoms with Gasteiger partial charge in [0.2, 0.25) is 0 Å². The largest absolute Gasteiger partial charge is 0.478 e. The molecule has 3 atom stereocenters. The molecule has 40 heavy (non-hydrogen) atoms. The highest BCUT2D eigenvalue weighted by Gasteiger charge is 2.34. The summed E-state index contributed by atoms with van der Waals surface area (Å²) in [6.07, 6.45) is 18.4. The van der Waals surface area contributed by atoms with Gasteiger partial charge in [-0.05, 0) is 98.3 Å². The highest BCUT2D eigenvalue weighted by Crippen LogP contribution is 2.47. The van der Waals surface area contributed by atoms with Crippen molar-refractivity contribution in [2.45, 2.75) is 73.1 Å². The number of nitrogens with one attached hydrogen (secondary N) is 1. The third-order valence-electron chi connectivity index (χ3n) is 8.25. The summed E-state index contributed by atoms with van der Waals surface area (Å²) in [4.78, 5) is 2.52. The maximum absolute atomic E-state index is 6.25. The van der Waals surface area contributed by atoms with Crippen molar-refractivity contribution in [3.8, 4) is 0 Å². The Morgan fingerprint density at radius 2 is 1.95 bits per heavy atom. The van der Waals surface area contributed by atoms with Crippen molar-refractivity contribution in [3.63, 3.8) is 0 Å². The average molecular weight is 539 g/mol. The Kier molecular flexibility index (Phi) is 10.4. The monoisotopic (exact) mass is 538 g/mol. The maximum Gasteiger partial charge on any atom is 0.183 e. The molecule has 0 heterocycles. The molecular formula is C37H50N2O. The second-order valence-corrected chi connectivity index (χ2v) is 12.0. The predicted molar refractivity (Wildman–Crippen MR) is 172 cm³/mol. The summed E-state index contributed by atoms with van der Waals surface area (Å²) < 4.78 is 6.25. The molecule has 3 heteroatoms. The van der Waals surface area contributed by atoms with Crippen LogP contribution in [0.15, 0.2) is 107 Å². The first-order chi connectivity index (χ1) is 19.3. The summed E-state index contributed by atoms with van der Waals surface area (Å²) in [5, 5.41) is 3.39. The fraction of sp³-hybridized carbons (Fsp3) is 0.459. The van der Waals surface area contributed by atoms with Gasteiger partial charge in [-0.1, -0.05) is 87.9 Å². The van der Waals surface area contributed by atoms with Crippen molar-refractivity contribution in [3.05, 3.63) is 113 Å². The lowest BCUT2D eigenvalue weighted by atomic mass is 9.85. The van der Waals surface area contributed by atoms with Crippen molar-refractivity contribution in [1.82, 2.24) is 4.90 Å². The third-order valence-corrected chi connectivity index (χ3v) is 8.25. The van der Waals surface area contributed by atoms with Crippen LogP contribution in [0, 0.1) is 17.8 Å². The number of hydrogen-bond acceptors (Lipinski definition) is 3. The topological polar surface area (TPSA) is 24.5 Å². The van der Waals surface area contributed by atoms with E-state index in [1.807, 2.05) is 0 Å². The smallest absolute Gasteiger partial charge is 0.183 e. The summed E-state index contributed by atoms with van der Waals surface area (Å²) in [6, 6.07) is 8.75. The molecule has 3 unspecified atom stereocenters. The first kappa shape index (κ1) is 29.8. The number of ether oxygens (including phenoxy) is 1. The van der Waals surface area contributed by atoms with Gasteiger partial charge in [0.05, 0.1) is 0 Å². The van der Waals surface area contributed by atoms with Gasteiger partial charge in [0.15, 0.2) is 5.88 Å². The molecule has 3 aliphatic carbocycles. The van der Waals surface area contributed by atoms with E-state index in [-0.39, 0.29) is 0 Å². The molecule has 3 nitrogen and oxygen atoms in total. The van der Waals surface area contributed by atoms with E-state index in [9.17, 15) is 0 Å². The molecule has 0 bridgehead atoms. The number of hydrogen-bond donors (Lipinski definition) is 1. The SMILES string of the molecule is C=C(C)CN(CCC)/C(=C/CC)C(C)Cc1ccc(NC(=C)OCC2C3=C(CCC=C3)C3=C2CC(C)C=C3)cc1. The minimum absolute atomic E-state index is 0.332. The fourth-order valence-electron chi connectivity index (χ4n) is 6.50. The van der Waals surface area contributed by atoms with Crippen LogP contribution in [0.25, 0.3) is 0 Å². The molecule has 1 aromatic rings. The second-order valence-electron chi connectivity index (χ2n) is 12.0. The van der Waals surface area contributed by atoms with Crippen LogP contribution in [0.5, 0.6) is 0 Å². The lowest BCUT2D eigenvalue weighted by molar-refractivity contribution is 0.196. The van der Waals surface area contributed by atoms with E-state index in [0.717, 1.165) is 57.3 Å². The lowest BCUT2D eigenvalue weighted by Crippen LogP contribution is -2.29. The van der Waals surface area contributed by atoms with Crippen molar-refractivity contribution >= 4 is 5.69 Å². The Morgan fingerprint density at radius 3 is 2.65 bits per heavy atom. The van der Waals surface area contributed by atoms with Gasteiger partial charge in [0.1, 0.15) is 6.61 Å². The number of nitrogens with zero attached hydrogens (tertiary/aromatic N) is 1. The standard InChI is InChI=1S/C37H50N2O/c1-8-12-37(39(21-9-2)24-26(3)4)28(6)23-30-16-18-31(19-17-30)38-29(7)40-25-36-33-14-11-10-13-32(33)34-20-15-27(5)22-35(34)36/h11-12,14-20,27-28,36,38H,3,7-10,13,21-25H2,1-2,4-6H3/b37-12+. The van der Waals surface area contributed by atoms with Crippen molar-refractivity contribution < 1.29 is 4.74 Å². The fourth-order valence-corrected chi connectivity index (χ4v) is 6.50. The summed E-state index contributed by atoms with van der Waals surface area (Å²) in [7, 11) is 0.